The van der Waals surface area contributed by atoms with Crippen LogP contribution in [0.5, 0.6) is 0 Å². The van der Waals surface area contributed by atoms with Gasteiger partial charge in [0.1, 0.15) is 0 Å². The molecule has 0 bridgehead atoms. The lowest BCUT2D eigenvalue weighted by molar-refractivity contribution is 0.198. The van der Waals surface area contributed by atoms with Crippen molar-refractivity contribution < 1.29 is 4.74 Å². The van der Waals surface area contributed by atoms with Crippen molar-refractivity contribution in [1.29, 1.82) is 0 Å². The highest BCUT2D eigenvalue weighted by Gasteiger charge is 2.02. The fourth-order valence-corrected chi connectivity index (χ4v) is 2.05. The second-order valence-electron chi connectivity index (χ2n) is 4.97. The number of fused-ring (bicyclic) bond motifs is 1. The van der Waals surface area contributed by atoms with Crippen molar-refractivity contribution in [3.8, 4) is 0 Å². The molecule has 0 fully saturated rings. The SMILES string of the molecule is COCCNCC(C)NCc1ccc2ccccc2n1. The normalized spacial score (nSPS) is 12.7. The lowest BCUT2D eigenvalue weighted by atomic mass is 10.2. The van der Waals surface area contributed by atoms with Gasteiger partial charge in [-0.2, -0.15) is 0 Å². The molecule has 1 atom stereocenters. The number of para-hydroxylation sites is 1. The van der Waals surface area contributed by atoms with E-state index in [1.54, 1.807) is 7.11 Å². The van der Waals surface area contributed by atoms with Gasteiger partial charge in [0.2, 0.25) is 0 Å². The summed E-state index contributed by atoms with van der Waals surface area (Å²) in [7, 11) is 1.72. The predicted octanol–water partition coefficient (Wildman–Crippen LogP) is 1.95. The molecule has 0 saturated heterocycles. The third-order valence-electron chi connectivity index (χ3n) is 3.22. The molecule has 0 radical (unpaired) electrons. The highest BCUT2D eigenvalue weighted by Crippen LogP contribution is 2.11. The molecule has 20 heavy (non-hydrogen) atoms. The Bertz CT molecular complexity index is 530. The van der Waals surface area contributed by atoms with Gasteiger partial charge in [0.15, 0.2) is 0 Å². The minimum atomic E-state index is 0.403. The second kappa shape index (κ2) is 7.94. The van der Waals surface area contributed by atoms with E-state index < -0.39 is 0 Å². The summed E-state index contributed by atoms with van der Waals surface area (Å²) in [5, 5.41) is 8.00. The van der Waals surface area contributed by atoms with Gasteiger partial charge in [-0.3, -0.25) is 4.98 Å². The molecule has 4 heteroatoms. The molecule has 1 unspecified atom stereocenters. The number of pyridine rings is 1. The Balaban J connectivity index is 1.80. The van der Waals surface area contributed by atoms with Gasteiger partial charge < -0.3 is 15.4 Å². The van der Waals surface area contributed by atoms with Crippen molar-refractivity contribution >= 4 is 10.9 Å². The minimum absolute atomic E-state index is 0.403. The molecule has 1 aromatic heterocycles. The van der Waals surface area contributed by atoms with E-state index in [9.17, 15) is 0 Å². The summed E-state index contributed by atoms with van der Waals surface area (Å²) in [6.45, 7) is 5.52. The molecule has 0 saturated carbocycles. The van der Waals surface area contributed by atoms with E-state index >= 15 is 0 Å². The molecule has 0 aliphatic carbocycles. The van der Waals surface area contributed by atoms with E-state index in [2.05, 4.69) is 46.8 Å². The fraction of sp³-hybridized carbons (Fsp3) is 0.438. The number of methoxy groups -OCH3 is 1. The van der Waals surface area contributed by atoms with E-state index in [1.807, 2.05) is 12.1 Å². The number of ether oxygens (including phenoxy) is 1. The average molecular weight is 273 g/mol. The number of rotatable bonds is 8. The van der Waals surface area contributed by atoms with Crippen LogP contribution in [0.4, 0.5) is 0 Å². The van der Waals surface area contributed by atoms with Crippen LogP contribution >= 0.6 is 0 Å². The van der Waals surface area contributed by atoms with E-state index in [1.165, 1.54) is 5.39 Å². The number of benzene rings is 1. The average Bonchev–Trinajstić information content (AvgIpc) is 2.49. The predicted molar refractivity (Wildman–Crippen MR) is 82.8 cm³/mol. The summed E-state index contributed by atoms with van der Waals surface area (Å²) in [4.78, 5) is 4.65. The van der Waals surface area contributed by atoms with Crippen LogP contribution in [0.3, 0.4) is 0 Å². The largest absolute Gasteiger partial charge is 0.383 e. The number of hydrogen-bond acceptors (Lipinski definition) is 4. The molecule has 108 valence electrons. The first-order chi connectivity index (χ1) is 9.79. The number of nitrogens with one attached hydrogen (secondary N) is 2. The topological polar surface area (TPSA) is 46.2 Å². The van der Waals surface area contributed by atoms with E-state index in [-0.39, 0.29) is 0 Å². The first kappa shape index (κ1) is 14.9. The molecule has 0 aliphatic heterocycles. The first-order valence-corrected chi connectivity index (χ1v) is 7.07. The van der Waals surface area contributed by atoms with Crippen molar-refractivity contribution in [2.45, 2.75) is 19.5 Å². The van der Waals surface area contributed by atoms with Crippen LogP contribution in [-0.4, -0.2) is 37.8 Å². The summed E-state index contributed by atoms with van der Waals surface area (Å²) in [5.41, 5.74) is 2.13. The summed E-state index contributed by atoms with van der Waals surface area (Å²) in [6, 6.07) is 12.8. The Morgan fingerprint density at radius 1 is 1.20 bits per heavy atom. The zero-order valence-corrected chi connectivity index (χ0v) is 12.2. The van der Waals surface area contributed by atoms with Crippen molar-refractivity contribution in [3.05, 3.63) is 42.1 Å². The zero-order valence-electron chi connectivity index (χ0n) is 12.2. The maximum atomic E-state index is 5.00. The third-order valence-corrected chi connectivity index (χ3v) is 3.22. The van der Waals surface area contributed by atoms with Crippen molar-refractivity contribution in [3.63, 3.8) is 0 Å². The molecule has 0 aliphatic rings. The van der Waals surface area contributed by atoms with Crippen LogP contribution in [0.25, 0.3) is 10.9 Å². The molecule has 1 heterocycles. The summed E-state index contributed by atoms with van der Waals surface area (Å²) in [6.07, 6.45) is 0. The van der Waals surface area contributed by atoms with Crippen LogP contribution in [0.1, 0.15) is 12.6 Å². The van der Waals surface area contributed by atoms with Gasteiger partial charge >= 0.3 is 0 Å². The van der Waals surface area contributed by atoms with Gasteiger partial charge in [-0.1, -0.05) is 24.3 Å². The molecule has 2 rings (SSSR count). The van der Waals surface area contributed by atoms with Gasteiger partial charge in [-0.05, 0) is 19.1 Å². The second-order valence-corrected chi connectivity index (χ2v) is 4.97. The smallest absolute Gasteiger partial charge is 0.0705 e. The number of nitrogens with zero attached hydrogens (tertiary/aromatic N) is 1. The maximum absolute atomic E-state index is 5.00. The van der Waals surface area contributed by atoms with Gasteiger partial charge in [0, 0.05) is 38.2 Å². The molecule has 2 aromatic rings. The van der Waals surface area contributed by atoms with Crippen molar-refractivity contribution in [2.24, 2.45) is 0 Å². The van der Waals surface area contributed by atoms with Crippen LogP contribution in [-0.2, 0) is 11.3 Å². The Kier molecular flexibility index (Phi) is 5.92. The molecular weight excluding hydrogens is 250 g/mol. The Hall–Kier alpha value is -1.49. The molecule has 0 amide bonds. The number of aromatic nitrogens is 1. The van der Waals surface area contributed by atoms with Crippen LogP contribution < -0.4 is 10.6 Å². The lowest BCUT2D eigenvalue weighted by Gasteiger charge is -2.14. The minimum Gasteiger partial charge on any atom is -0.383 e. The highest BCUT2D eigenvalue weighted by molar-refractivity contribution is 5.78. The third kappa shape index (κ3) is 4.56. The van der Waals surface area contributed by atoms with Crippen LogP contribution in [0.15, 0.2) is 36.4 Å². The first-order valence-electron chi connectivity index (χ1n) is 7.07. The summed E-state index contributed by atoms with van der Waals surface area (Å²) in [5.74, 6) is 0. The Labute approximate surface area is 120 Å². The van der Waals surface area contributed by atoms with Gasteiger partial charge in [0.05, 0.1) is 17.8 Å². The van der Waals surface area contributed by atoms with E-state index in [0.29, 0.717) is 6.04 Å². The quantitative estimate of drug-likeness (QED) is 0.722. The lowest BCUT2D eigenvalue weighted by Crippen LogP contribution is -2.37. The highest BCUT2D eigenvalue weighted by atomic mass is 16.5. The van der Waals surface area contributed by atoms with E-state index in [0.717, 1.165) is 37.5 Å². The summed E-state index contributed by atoms with van der Waals surface area (Å²) >= 11 is 0. The molecular formula is C16H23N3O. The van der Waals surface area contributed by atoms with Gasteiger partial charge in [-0.15, -0.1) is 0 Å². The maximum Gasteiger partial charge on any atom is 0.0705 e. The Morgan fingerprint density at radius 3 is 2.90 bits per heavy atom. The van der Waals surface area contributed by atoms with Crippen molar-refractivity contribution in [2.75, 3.05) is 26.8 Å². The molecule has 1 aromatic carbocycles. The van der Waals surface area contributed by atoms with Crippen LogP contribution in [0, 0.1) is 0 Å². The molecule has 2 N–H and O–H groups in total. The monoisotopic (exact) mass is 273 g/mol. The standard InChI is InChI=1S/C16H23N3O/c1-13(11-17-9-10-20-2)18-12-15-8-7-14-5-3-4-6-16(14)19-15/h3-8,13,17-18H,9-12H2,1-2H3. The molecule has 4 nitrogen and oxygen atoms in total. The van der Waals surface area contributed by atoms with Gasteiger partial charge in [-0.25, -0.2) is 0 Å². The van der Waals surface area contributed by atoms with E-state index in [4.69, 9.17) is 4.74 Å². The van der Waals surface area contributed by atoms with Crippen molar-refractivity contribution in [1.82, 2.24) is 15.6 Å². The summed E-state index contributed by atoms with van der Waals surface area (Å²) < 4.78 is 5.00. The fourth-order valence-electron chi connectivity index (χ4n) is 2.05. The molecule has 0 spiro atoms. The number of hydrogen-bond donors (Lipinski definition) is 2. The zero-order chi connectivity index (χ0) is 14.2. The van der Waals surface area contributed by atoms with Gasteiger partial charge in [0.25, 0.3) is 0 Å². The Morgan fingerprint density at radius 2 is 2.05 bits per heavy atom. The van der Waals surface area contributed by atoms with Crippen LogP contribution in [0.2, 0.25) is 0 Å².